The number of thioether (sulfide) groups is 1. The molecule has 3 aromatic carbocycles. The van der Waals surface area contributed by atoms with Crippen LogP contribution in [0.5, 0.6) is 0 Å². The maximum absolute atomic E-state index is 12.7. The number of rotatable bonds is 6. The average molecular weight is 427 g/mol. The van der Waals surface area contributed by atoms with E-state index in [-0.39, 0.29) is 11.7 Å². The predicted octanol–water partition coefficient (Wildman–Crippen LogP) is 4.54. The first-order valence-electron chi connectivity index (χ1n) is 9.70. The van der Waals surface area contributed by atoms with Crippen LogP contribution in [0.3, 0.4) is 0 Å². The molecule has 0 radical (unpaired) electrons. The number of hydrogen-bond donors (Lipinski definition) is 2. The Hall–Kier alpha value is -3.91. The summed E-state index contributed by atoms with van der Waals surface area (Å²) in [6.07, 6.45) is 1.73. The van der Waals surface area contributed by atoms with Gasteiger partial charge in [-0.2, -0.15) is 5.10 Å². The first-order valence-corrected chi connectivity index (χ1v) is 10.7. The second-order valence-corrected chi connectivity index (χ2v) is 7.76. The molecule has 0 unspecified atom stereocenters. The molecule has 8 heteroatoms. The summed E-state index contributed by atoms with van der Waals surface area (Å²) in [5, 5.41) is 20.3. The van der Waals surface area contributed by atoms with Crippen LogP contribution in [0.25, 0.3) is 28.0 Å². The highest BCUT2D eigenvalue weighted by Crippen LogP contribution is 2.28. The van der Waals surface area contributed by atoms with E-state index in [9.17, 15) is 4.79 Å². The molecule has 0 saturated heterocycles. The highest BCUT2D eigenvalue weighted by Gasteiger charge is 2.17. The lowest BCUT2D eigenvalue weighted by Crippen LogP contribution is -2.15. The molecule has 2 aromatic heterocycles. The molecule has 0 aliphatic heterocycles. The Labute approximate surface area is 182 Å². The number of amides is 1. The fraction of sp³-hybridized carbons (Fsp3) is 0.0435. The van der Waals surface area contributed by atoms with Gasteiger partial charge in [0.15, 0.2) is 11.0 Å². The van der Waals surface area contributed by atoms with E-state index in [0.717, 1.165) is 28.0 Å². The molecule has 0 aliphatic carbocycles. The second kappa shape index (κ2) is 8.45. The Morgan fingerprint density at radius 3 is 2.52 bits per heavy atom. The smallest absolute Gasteiger partial charge is 0.234 e. The molecule has 2 N–H and O–H groups in total. The second-order valence-electron chi connectivity index (χ2n) is 6.82. The van der Waals surface area contributed by atoms with Crippen LogP contribution in [0.15, 0.2) is 90.2 Å². The third kappa shape index (κ3) is 3.93. The van der Waals surface area contributed by atoms with Crippen molar-refractivity contribution in [1.29, 1.82) is 0 Å². The molecule has 5 rings (SSSR count). The average Bonchev–Trinajstić information content (AvgIpc) is 3.47. The molecule has 0 bridgehead atoms. The van der Waals surface area contributed by atoms with Gasteiger partial charge in [-0.05, 0) is 18.2 Å². The molecule has 152 valence electrons. The minimum absolute atomic E-state index is 0.129. The molecule has 2 heterocycles. The molecule has 5 aromatic rings. The molecular weight excluding hydrogens is 408 g/mol. The van der Waals surface area contributed by atoms with Crippen molar-refractivity contribution in [3.63, 3.8) is 0 Å². The molecule has 0 aliphatic rings. The van der Waals surface area contributed by atoms with E-state index in [4.69, 9.17) is 0 Å². The van der Waals surface area contributed by atoms with Crippen molar-refractivity contribution < 1.29 is 4.79 Å². The van der Waals surface area contributed by atoms with Gasteiger partial charge >= 0.3 is 0 Å². The van der Waals surface area contributed by atoms with Gasteiger partial charge in [-0.1, -0.05) is 72.4 Å². The first-order chi connectivity index (χ1) is 15.3. The minimum atomic E-state index is -0.129. The SMILES string of the molecule is O=C(CSc1nnc(-c2ccccc2)n1-c1ccccc1)Nc1cccc2cn[nH]c12. The van der Waals surface area contributed by atoms with Gasteiger partial charge in [0.25, 0.3) is 0 Å². The predicted molar refractivity (Wildman–Crippen MR) is 122 cm³/mol. The van der Waals surface area contributed by atoms with Crippen LogP contribution in [-0.4, -0.2) is 36.6 Å². The molecular formula is C23H18N6OS. The summed E-state index contributed by atoms with van der Waals surface area (Å²) in [4.78, 5) is 12.7. The number of aromatic amines is 1. The van der Waals surface area contributed by atoms with E-state index in [1.54, 1.807) is 6.20 Å². The fourth-order valence-electron chi connectivity index (χ4n) is 3.34. The van der Waals surface area contributed by atoms with E-state index in [1.165, 1.54) is 11.8 Å². The molecule has 0 spiro atoms. The van der Waals surface area contributed by atoms with Gasteiger partial charge in [-0.25, -0.2) is 0 Å². The Morgan fingerprint density at radius 2 is 1.71 bits per heavy atom. The van der Waals surface area contributed by atoms with Gasteiger partial charge in [0.1, 0.15) is 0 Å². The third-order valence-electron chi connectivity index (χ3n) is 4.76. The van der Waals surface area contributed by atoms with Gasteiger partial charge in [-0.15, -0.1) is 10.2 Å². The van der Waals surface area contributed by atoms with Gasteiger partial charge < -0.3 is 5.32 Å². The molecule has 1 amide bonds. The van der Waals surface area contributed by atoms with E-state index in [1.807, 2.05) is 83.4 Å². The summed E-state index contributed by atoms with van der Waals surface area (Å²) >= 11 is 1.34. The highest BCUT2D eigenvalue weighted by molar-refractivity contribution is 7.99. The summed E-state index contributed by atoms with van der Waals surface area (Å²) in [7, 11) is 0. The zero-order chi connectivity index (χ0) is 21.0. The van der Waals surface area contributed by atoms with Crippen LogP contribution >= 0.6 is 11.8 Å². The number of benzene rings is 3. The topological polar surface area (TPSA) is 88.5 Å². The minimum Gasteiger partial charge on any atom is -0.323 e. The molecule has 0 atom stereocenters. The van der Waals surface area contributed by atoms with Crippen LogP contribution in [0.4, 0.5) is 5.69 Å². The van der Waals surface area contributed by atoms with Crippen LogP contribution in [0.1, 0.15) is 0 Å². The van der Waals surface area contributed by atoms with Crippen LogP contribution in [0.2, 0.25) is 0 Å². The third-order valence-corrected chi connectivity index (χ3v) is 5.69. The number of fused-ring (bicyclic) bond motifs is 1. The zero-order valence-corrected chi connectivity index (χ0v) is 17.2. The summed E-state index contributed by atoms with van der Waals surface area (Å²) in [5.74, 6) is 0.803. The van der Waals surface area contributed by atoms with Gasteiger partial charge in [-0.3, -0.25) is 14.5 Å². The maximum Gasteiger partial charge on any atom is 0.234 e. The molecule has 0 fully saturated rings. The van der Waals surface area contributed by atoms with Crippen molar-refractivity contribution in [2.24, 2.45) is 0 Å². The standard InChI is InChI=1S/C23H18N6OS/c30-20(25-19-13-7-10-17-14-24-26-21(17)19)15-31-23-28-27-22(16-8-3-1-4-9-16)29(23)18-11-5-2-6-12-18/h1-14H,15H2,(H,24,26)(H,25,30). The van der Waals surface area contributed by atoms with Crippen LogP contribution in [0, 0.1) is 0 Å². The lowest BCUT2D eigenvalue weighted by molar-refractivity contribution is -0.113. The van der Waals surface area contributed by atoms with Crippen molar-refractivity contribution in [2.45, 2.75) is 5.16 Å². The van der Waals surface area contributed by atoms with Crippen molar-refractivity contribution in [1.82, 2.24) is 25.0 Å². The number of aromatic nitrogens is 5. The number of hydrogen-bond acceptors (Lipinski definition) is 5. The Morgan fingerprint density at radius 1 is 0.935 bits per heavy atom. The van der Waals surface area contributed by atoms with Crippen molar-refractivity contribution >= 4 is 34.3 Å². The van der Waals surface area contributed by atoms with Crippen LogP contribution in [-0.2, 0) is 4.79 Å². The summed E-state index contributed by atoms with van der Waals surface area (Å²) in [5.41, 5.74) is 3.41. The van der Waals surface area contributed by atoms with E-state index >= 15 is 0 Å². The Kier molecular flexibility index (Phi) is 5.20. The Bertz CT molecular complexity index is 1330. The number of nitrogens with zero attached hydrogens (tertiary/aromatic N) is 4. The summed E-state index contributed by atoms with van der Waals surface area (Å²) < 4.78 is 1.98. The Balaban J connectivity index is 1.40. The first kappa shape index (κ1) is 19.1. The number of H-pyrrole nitrogens is 1. The van der Waals surface area contributed by atoms with Crippen LogP contribution < -0.4 is 5.32 Å². The van der Waals surface area contributed by atoms with E-state index < -0.39 is 0 Å². The quantitative estimate of drug-likeness (QED) is 0.389. The number of carbonyl (C=O) groups excluding carboxylic acids is 1. The zero-order valence-electron chi connectivity index (χ0n) is 16.4. The van der Waals surface area contributed by atoms with Gasteiger partial charge in [0.2, 0.25) is 5.91 Å². The molecule has 0 saturated carbocycles. The highest BCUT2D eigenvalue weighted by atomic mass is 32.2. The fourth-order valence-corrected chi connectivity index (χ4v) is 4.09. The number of nitrogens with one attached hydrogen (secondary N) is 2. The van der Waals surface area contributed by atoms with Crippen molar-refractivity contribution in [3.05, 3.63) is 85.1 Å². The largest absolute Gasteiger partial charge is 0.323 e. The van der Waals surface area contributed by atoms with E-state index in [0.29, 0.717) is 10.8 Å². The lowest BCUT2D eigenvalue weighted by atomic mass is 10.2. The van der Waals surface area contributed by atoms with Gasteiger partial charge in [0.05, 0.1) is 23.2 Å². The number of para-hydroxylation sites is 2. The number of carbonyl (C=O) groups is 1. The number of anilines is 1. The van der Waals surface area contributed by atoms with Crippen molar-refractivity contribution in [3.8, 4) is 17.1 Å². The summed E-state index contributed by atoms with van der Waals surface area (Å²) in [6.45, 7) is 0. The maximum atomic E-state index is 12.7. The summed E-state index contributed by atoms with van der Waals surface area (Å²) in [6, 6.07) is 25.5. The van der Waals surface area contributed by atoms with E-state index in [2.05, 4.69) is 25.7 Å². The van der Waals surface area contributed by atoms with Gasteiger partial charge in [0, 0.05) is 16.6 Å². The molecule has 7 nitrogen and oxygen atoms in total. The molecule has 31 heavy (non-hydrogen) atoms. The van der Waals surface area contributed by atoms with Crippen molar-refractivity contribution in [2.75, 3.05) is 11.1 Å². The normalized spacial score (nSPS) is 11.0. The monoisotopic (exact) mass is 426 g/mol. The lowest BCUT2D eigenvalue weighted by Gasteiger charge is -2.10.